The van der Waals surface area contributed by atoms with Crippen molar-refractivity contribution >= 4 is 23.4 Å². The first kappa shape index (κ1) is 16.6. The largest absolute Gasteiger partial charge is 0.469 e. The summed E-state index contributed by atoms with van der Waals surface area (Å²) in [6.07, 6.45) is 1.40. The number of rotatable bonds is 5. The van der Waals surface area contributed by atoms with Gasteiger partial charge in [-0.2, -0.15) is 5.26 Å². The minimum atomic E-state index is -0.839. The van der Waals surface area contributed by atoms with E-state index in [1.54, 1.807) is 31.2 Å². The van der Waals surface area contributed by atoms with Crippen molar-refractivity contribution in [2.24, 2.45) is 0 Å². The Kier molecular flexibility index (Phi) is 5.39. The summed E-state index contributed by atoms with van der Waals surface area (Å²) in [5, 5.41) is 14.6. The van der Waals surface area contributed by atoms with Crippen molar-refractivity contribution < 1.29 is 14.0 Å². The monoisotopic (exact) mass is 331 g/mol. The molecule has 0 aliphatic rings. The molecular formula is C16H14ClN3O3. The van der Waals surface area contributed by atoms with E-state index in [2.05, 4.69) is 10.6 Å². The Morgan fingerprint density at radius 3 is 2.78 bits per heavy atom. The molecule has 0 radical (unpaired) electrons. The van der Waals surface area contributed by atoms with E-state index in [0.717, 1.165) is 0 Å². The van der Waals surface area contributed by atoms with Gasteiger partial charge in [-0.3, -0.25) is 9.59 Å². The van der Waals surface area contributed by atoms with Gasteiger partial charge in [-0.1, -0.05) is 23.7 Å². The standard InChI is InChI=1S/C16H14ClN3O3/c1-10-13(5-6-23-10)16(22)19-9-15(21)20-14(8-18)11-3-2-4-12(17)7-11/h2-7,14H,9H2,1H3,(H,19,22)(H,20,21)/t14-/m1/s1. The van der Waals surface area contributed by atoms with Crippen molar-refractivity contribution in [2.75, 3.05) is 6.54 Å². The second kappa shape index (κ2) is 7.47. The first-order valence-electron chi connectivity index (χ1n) is 6.78. The molecule has 118 valence electrons. The van der Waals surface area contributed by atoms with E-state index in [1.165, 1.54) is 12.3 Å². The Morgan fingerprint density at radius 1 is 1.39 bits per heavy atom. The highest BCUT2D eigenvalue weighted by molar-refractivity contribution is 6.30. The Balaban J connectivity index is 1.92. The maximum absolute atomic E-state index is 11.9. The van der Waals surface area contributed by atoms with Crippen LogP contribution >= 0.6 is 11.6 Å². The predicted molar refractivity (Wildman–Crippen MR) is 83.7 cm³/mol. The van der Waals surface area contributed by atoms with Crippen molar-refractivity contribution in [1.82, 2.24) is 10.6 Å². The number of nitrogens with zero attached hydrogens (tertiary/aromatic N) is 1. The van der Waals surface area contributed by atoms with Crippen LogP contribution in [0.1, 0.15) is 27.7 Å². The molecule has 0 spiro atoms. The zero-order valence-electron chi connectivity index (χ0n) is 12.3. The van der Waals surface area contributed by atoms with Crippen LogP contribution in [-0.4, -0.2) is 18.4 Å². The van der Waals surface area contributed by atoms with E-state index in [-0.39, 0.29) is 6.54 Å². The predicted octanol–water partition coefficient (Wildman–Crippen LogP) is 2.35. The van der Waals surface area contributed by atoms with E-state index >= 15 is 0 Å². The Morgan fingerprint density at radius 2 is 2.17 bits per heavy atom. The Hall–Kier alpha value is -2.78. The minimum Gasteiger partial charge on any atom is -0.469 e. The maximum Gasteiger partial charge on any atom is 0.255 e. The normalized spacial score (nSPS) is 11.3. The van der Waals surface area contributed by atoms with Crippen LogP contribution in [0.5, 0.6) is 0 Å². The van der Waals surface area contributed by atoms with Gasteiger partial charge in [0.2, 0.25) is 5.91 Å². The number of carbonyl (C=O) groups is 2. The van der Waals surface area contributed by atoms with Gasteiger partial charge in [-0.25, -0.2) is 0 Å². The highest BCUT2D eigenvalue weighted by atomic mass is 35.5. The molecule has 0 bridgehead atoms. The molecule has 0 aliphatic carbocycles. The first-order valence-corrected chi connectivity index (χ1v) is 7.16. The van der Waals surface area contributed by atoms with Crippen LogP contribution in [0.25, 0.3) is 0 Å². The highest BCUT2D eigenvalue weighted by Gasteiger charge is 2.16. The fraction of sp³-hybridized carbons (Fsp3) is 0.188. The SMILES string of the molecule is Cc1occc1C(=O)NCC(=O)N[C@H](C#N)c1cccc(Cl)c1. The third-order valence-electron chi connectivity index (χ3n) is 3.13. The molecule has 2 aromatic rings. The number of halogens is 1. The molecule has 0 unspecified atom stereocenters. The molecule has 0 aliphatic heterocycles. The molecule has 2 rings (SSSR count). The van der Waals surface area contributed by atoms with E-state index in [1.807, 2.05) is 6.07 Å². The molecule has 2 N–H and O–H groups in total. The molecule has 0 saturated carbocycles. The zero-order valence-corrected chi connectivity index (χ0v) is 13.1. The van der Waals surface area contributed by atoms with Gasteiger partial charge in [0.1, 0.15) is 11.8 Å². The summed E-state index contributed by atoms with van der Waals surface area (Å²) in [6, 6.07) is 9.32. The average molecular weight is 332 g/mol. The van der Waals surface area contributed by atoms with Gasteiger partial charge in [-0.15, -0.1) is 0 Å². The summed E-state index contributed by atoms with van der Waals surface area (Å²) in [7, 11) is 0. The molecular weight excluding hydrogens is 318 g/mol. The fourth-order valence-electron chi connectivity index (χ4n) is 1.96. The number of hydrogen-bond donors (Lipinski definition) is 2. The number of aryl methyl sites for hydroxylation is 1. The number of nitrogens with one attached hydrogen (secondary N) is 2. The van der Waals surface area contributed by atoms with Gasteiger partial charge in [0.15, 0.2) is 0 Å². The second-order valence-corrected chi connectivity index (χ2v) is 5.19. The van der Waals surface area contributed by atoms with Gasteiger partial charge >= 0.3 is 0 Å². The summed E-state index contributed by atoms with van der Waals surface area (Å²) in [6.45, 7) is 1.40. The topological polar surface area (TPSA) is 95.1 Å². The number of amides is 2. The third-order valence-corrected chi connectivity index (χ3v) is 3.36. The first-order chi connectivity index (χ1) is 11.0. The smallest absolute Gasteiger partial charge is 0.255 e. The molecule has 2 amide bonds. The van der Waals surface area contributed by atoms with Crippen LogP contribution in [-0.2, 0) is 4.79 Å². The molecule has 1 heterocycles. The van der Waals surface area contributed by atoms with Crippen molar-refractivity contribution in [3.05, 3.63) is 58.5 Å². The quantitative estimate of drug-likeness (QED) is 0.879. The van der Waals surface area contributed by atoms with E-state index < -0.39 is 17.9 Å². The van der Waals surface area contributed by atoms with E-state index in [9.17, 15) is 14.9 Å². The van der Waals surface area contributed by atoms with Gasteiger partial charge < -0.3 is 15.1 Å². The molecule has 6 nitrogen and oxygen atoms in total. The lowest BCUT2D eigenvalue weighted by Crippen LogP contribution is -2.38. The third kappa shape index (κ3) is 4.34. The second-order valence-electron chi connectivity index (χ2n) is 4.76. The van der Waals surface area contributed by atoms with Crippen molar-refractivity contribution in [2.45, 2.75) is 13.0 Å². The molecule has 0 fully saturated rings. The van der Waals surface area contributed by atoms with E-state index in [4.69, 9.17) is 16.0 Å². The van der Waals surface area contributed by atoms with Crippen molar-refractivity contribution in [1.29, 1.82) is 5.26 Å². The number of furan rings is 1. The summed E-state index contributed by atoms with van der Waals surface area (Å²) in [5.41, 5.74) is 0.940. The summed E-state index contributed by atoms with van der Waals surface area (Å²) >= 11 is 5.87. The van der Waals surface area contributed by atoms with Crippen LogP contribution in [0.4, 0.5) is 0 Å². The maximum atomic E-state index is 11.9. The fourth-order valence-corrected chi connectivity index (χ4v) is 2.16. The number of nitriles is 1. The number of benzene rings is 1. The van der Waals surface area contributed by atoms with Crippen LogP contribution < -0.4 is 10.6 Å². The molecule has 7 heteroatoms. The van der Waals surface area contributed by atoms with Crippen LogP contribution in [0.15, 0.2) is 41.0 Å². The lowest BCUT2D eigenvalue weighted by Gasteiger charge is -2.12. The van der Waals surface area contributed by atoms with E-state index in [0.29, 0.717) is 21.9 Å². The summed E-state index contributed by atoms with van der Waals surface area (Å²) < 4.78 is 5.03. The lowest BCUT2D eigenvalue weighted by atomic mass is 10.1. The van der Waals surface area contributed by atoms with Crippen LogP contribution in [0.3, 0.4) is 0 Å². The number of hydrogen-bond acceptors (Lipinski definition) is 4. The van der Waals surface area contributed by atoms with Gasteiger partial charge in [0.25, 0.3) is 5.91 Å². The average Bonchev–Trinajstić information content (AvgIpc) is 2.96. The van der Waals surface area contributed by atoms with Gasteiger partial charge in [0, 0.05) is 5.02 Å². The Bertz CT molecular complexity index is 764. The lowest BCUT2D eigenvalue weighted by molar-refractivity contribution is -0.120. The molecule has 1 atom stereocenters. The van der Waals surface area contributed by atoms with Crippen molar-refractivity contribution in [3.63, 3.8) is 0 Å². The van der Waals surface area contributed by atoms with Gasteiger partial charge in [-0.05, 0) is 30.7 Å². The molecule has 1 aromatic carbocycles. The van der Waals surface area contributed by atoms with Crippen LogP contribution in [0.2, 0.25) is 5.02 Å². The van der Waals surface area contributed by atoms with Crippen LogP contribution in [0, 0.1) is 18.3 Å². The van der Waals surface area contributed by atoms with Crippen molar-refractivity contribution in [3.8, 4) is 6.07 Å². The Labute approximate surface area is 138 Å². The van der Waals surface area contributed by atoms with Gasteiger partial charge in [0.05, 0.1) is 24.4 Å². The molecule has 0 saturated heterocycles. The molecule has 1 aromatic heterocycles. The zero-order chi connectivity index (χ0) is 16.8. The summed E-state index contributed by atoms with van der Waals surface area (Å²) in [5.74, 6) is -0.426. The molecule has 23 heavy (non-hydrogen) atoms. The minimum absolute atomic E-state index is 0.248. The number of carbonyl (C=O) groups excluding carboxylic acids is 2. The summed E-state index contributed by atoms with van der Waals surface area (Å²) in [4.78, 5) is 23.8. The highest BCUT2D eigenvalue weighted by Crippen LogP contribution is 2.17.